The first-order valence-corrected chi connectivity index (χ1v) is 15.3. The van der Waals surface area contributed by atoms with Gasteiger partial charge in [-0.15, -0.1) is 0 Å². The molecule has 0 spiro atoms. The normalized spacial score (nSPS) is 11.4. The molecule has 0 saturated heterocycles. The van der Waals surface area contributed by atoms with Crippen LogP contribution in [0.4, 0.5) is 26.3 Å². The van der Waals surface area contributed by atoms with E-state index in [0.717, 1.165) is 12.1 Å². The van der Waals surface area contributed by atoms with Gasteiger partial charge in [-0.05, 0) is 75.5 Å². The maximum Gasteiger partial charge on any atom is 0.489 e. The lowest BCUT2D eigenvalue weighted by molar-refractivity contribution is -0.141. The minimum Gasteiger partial charge on any atom is -0.478 e. The summed E-state index contributed by atoms with van der Waals surface area (Å²) in [6, 6.07) is 19.8. The Kier molecular flexibility index (Phi) is 11.6. The summed E-state index contributed by atoms with van der Waals surface area (Å²) in [6.45, 7) is 0. The number of hydrogen-bond donors (Lipinski definition) is 6. The van der Waals surface area contributed by atoms with Gasteiger partial charge in [0.1, 0.15) is 11.4 Å². The quantitative estimate of drug-likeness (QED) is 0.0776. The SMILES string of the molecule is FC(F)(F)c1cc2cc(Br)c(Cl)cc2[nH]1.O=C(O)c1ccccc1-c1cc2cc(C(F)(F)F)[nH]c2cc1Cl.O=C(O)c1ccccc1B(O)O. The molecule has 260 valence electrons. The number of fused-ring (bicyclic) bond motifs is 2. The van der Waals surface area contributed by atoms with Crippen molar-refractivity contribution in [3.8, 4) is 11.1 Å². The lowest BCUT2D eigenvalue weighted by atomic mass is 9.77. The number of rotatable bonds is 4. The summed E-state index contributed by atoms with van der Waals surface area (Å²) in [7, 11) is -1.74. The average molecular weight is 804 g/mol. The molecule has 8 nitrogen and oxygen atoms in total. The Morgan fingerprint density at radius 2 is 1.10 bits per heavy atom. The van der Waals surface area contributed by atoms with Crippen LogP contribution >= 0.6 is 39.1 Å². The first-order chi connectivity index (χ1) is 23.3. The van der Waals surface area contributed by atoms with Crippen molar-refractivity contribution in [2.45, 2.75) is 12.4 Å². The Bertz CT molecular complexity index is 2170. The standard InChI is InChI=1S/C16H9ClF3NO2.C9H4BrClF3N.C7H7BO4/c17-12-7-13-8(6-14(21-13)16(18,19)20)5-11(12)9-3-1-2-4-10(9)15(22)23;10-5-1-4-2-8(9(12,13)14)15-7(4)3-6(5)11;9-7(10)5-3-1-2-4-6(5)8(11)12/h1-7,21H,(H,22,23);1-3,15H;1-4,11-12H,(H,9,10). The molecule has 0 aliphatic carbocycles. The second-order valence-corrected chi connectivity index (χ2v) is 11.9. The highest BCUT2D eigenvalue weighted by Gasteiger charge is 2.33. The van der Waals surface area contributed by atoms with Gasteiger partial charge in [-0.25, -0.2) is 9.59 Å². The lowest BCUT2D eigenvalue weighted by Crippen LogP contribution is -2.34. The summed E-state index contributed by atoms with van der Waals surface area (Å²) < 4.78 is 76.0. The molecule has 0 atom stereocenters. The van der Waals surface area contributed by atoms with E-state index in [0.29, 0.717) is 36.9 Å². The van der Waals surface area contributed by atoms with Crippen molar-refractivity contribution in [2.75, 3.05) is 0 Å². The maximum atomic E-state index is 12.8. The Hall–Kier alpha value is -4.48. The second-order valence-electron chi connectivity index (χ2n) is 10.3. The number of halogens is 9. The summed E-state index contributed by atoms with van der Waals surface area (Å²) in [6.07, 6.45) is -8.86. The fraction of sp³-hybridized carbons (Fsp3) is 0.0625. The smallest absolute Gasteiger partial charge is 0.478 e. The van der Waals surface area contributed by atoms with E-state index < -0.39 is 42.8 Å². The summed E-state index contributed by atoms with van der Waals surface area (Å²) in [5.74, 6) is -2.31. The van der Waals surface area contributed by atoms with Gasteiger partial charge >= 0.3 is 31.4 Å². The van der Waals surface area contributed by atoms with Gasteiger partial charge < -0.3 is 30.2 Å². The predicted molar refractivity (Wildman–Crippen MR) is 180 cm³/mol. The van der Waals surface area contributed by atoms with Crippen molar-refractivity contribution in [3.63, 3.8) is 0 Å². The third kappa shape index (κ3) is 9.00. The highest BCUT2D eigenvalue weighted by atomic mass is 79.9. The van der Waals surface area contributed by atoms with E-state index >= 15 is 0 Å². The molecule has 50 heavy (non-hydrogen) atoms. The molecule has 0 aliphatic rings. The number of aromatic amines is 2. The number of benzene rings is 4. The van der Waals surface area contributed by atoms with Gasteiger partial charge in [0.2, 0.25) is 0 Å². The highest BCUT2D eigenvalue weighted by Crippen LogP contribution is 2.37. The first-order valence-electron chi connectivity index (χ1n) is 13.7. The molecule has 0 radical (unpaired) electrons. The molecule has 4 aromatic carbocycles. The average Bonchev–Trinajstić information content (AvgIpc) is 3.65. The van der Waals surface area contributed by atoms with E-state index in [-0.39, 0.29) is 27.1 Å². The molecule has 2 heterocycles. The van der Waals surface area contributed by atoms with Gasteiger partial charge in [0.15, 0.2) is 0 Å². The number of hydrogen-bond acceptors (Lipinski definition) is 4. The van der Waals surface area contributed by atoms with Gasteiger partial charge in [0.25, 0.3) is 0 Å². The van der Waals surface area contributed by atoms with Crippen LogP contribution in [0, 0.1) is 0 Å². The molecule has 2 aromatic heterocycles. The maximum absolute atomic E-state index is 12.8. The summed E-state index contributed by atoms with van der Waals surface area (Å²) in [4.78, 5) is 26.4. The number of nitrogens with one attached hydrogen (secondary N) is 2. The largest absolute Gasteiger partial charge is 0.489 e. The molecule has 6 N–H and O–H groups in total. The van der Waals surface area contributed by atoms with Crippen molar-refractivity contribution in [2.24, 2.45) is 0 Å². The Balaban J connectivity index is 0.000000180. The number of carbonyl (C=O) groups is 2. The molecular formula is C32H20BBrCl2F6N2O6. The summed E-state index contributed by atoms with van der Waals surface area (Å²) in [5, 5.41) is 36.6. The third-order valence-corrected chi connectivity index (χ3v) is 8.41. The molecule has 0 fully saturated rings. The van der Waals surface area contributed by atoms with Crippen molar-refractivity contribution < 1.29 is 56.2 Å². The van der Waals surface area contributed by atoms with Gasteiger partial charge in [-0.1, -0.05) is 59.6 Å². The minimum absolute atomic E-state index is 0.00463. The monoisotopic (exact) mass is 802 g/mol. The van der Waals surface area contributed by atoms with Crippen LogP contribution in [0.2, 0.25) is 10.0 Å². The molecule has 18 heteroatoms. The van der Waals surface area contributed by atoms with Gasteiger partial charge in [0, 0.05) is 31.8 Å². The van der Waals surface area contributed by atoms with E-state index in [9.17, 15) is 41.0 Å². The molecule has 0 bridgehead atoms. The van der Waals surface area contributed by atoms with Crippen LogP contribution in [0.3, 0.4) is 0 Å². The van der Waals surface area contributed by atoms with E-state index in [1.165, 1.54) is 42.5 Å². The van der Waals surface area contributed by atoms with Crippen molar-refractivity contribution in [3.05, 3.63) is 122 Å². The van der Waals surface area contributed by atoms with Crippen molar-refractivity contribution in [1.82, 2.24) is 9.97 Å². The lowest BCUT2D eigenvalue weighted by Gasteiger charge is -2.08. The van der Waals surface area contributed by atoms with Gasteiger partial charge in [-0.3, -0.25) is 0 Å². The van der Waals surface area contributed by atoms with Crippen LogP contribution < -0.4 is 5.46 Å². The number of aromatic carboxylic acids is 2. The summed E-state index contributed by atoms with van der Waals surface area (Å²) >= 11 is 15.1. The number of aromatic nitrogens is 2. The predicted octanol–water partition coefficient (Wildman–Crippen LogP) is 8.87. The van der Waals surface area contributed by atoms with E-state index in [1.807, 2.05) is 0 Å². The highest BCUT2D eigenvalue weighted by molar-refractivity contribution is 9.10. The Morgan fingerprint density at radius 3 is 1.58 bits per heavy atom. The van der Waals surface area contributed by atoms with Gasteiger partial charge in [0.05, 0.1) is 21.2 Å². The zero-order valence-corrected chi connectivity index (χ0v) is 27.8. The van der Waals surface area contributed by atoms with Crippen LogP contribution in [0.5, 0.6) is 0 Å². The molecule has 0 unspecified atom stereocenters. The van der Waals surface area contributed by atoms with Gasteiger partial charge in [-0.2, -0.15) is 26.3 Å². The fourth-order valence-corrected chi connectivity index (χ4v) is 5.40. The molecule has 6 aromatic rings. The van der Waals surface area contributed by atoms with Crippen molar-refractivity contribution in [1.29, 1.82) is 0 Å². The van der Waals surface area contributed by atoms with Crippen LogP contribution in [-0.2, 0) is 12.4 Å². The van der Waals surface area contributed by atoms with Crippen LogP contribution in [-0.4, -0.2) is 49.3 Å². The summed E-state index contributed by atoms with van der Waals surface area (Å²) in [5.41, 5.74) is -0.391. The minimum atomic E-state index is -4.50. The second kappa shape index (κ2) is 15.2. The van der Waals surface area contributed by atoms with Crippen LogP contribution in [0.1, 0.15) is 32.1 Å². The van der Waals surface area contributed by atoms with Crippen molar-refractivity contribution >= 4 is 85.5 Å². The first kappa shape index (κ1) is 38.3. The van der Waals surface area contributed by atoms with E-state index in [1.54, 1.807) is 30.3 Å². The topological polar surface area (TPSA) is 147 Å². The zero-order valence-electron chi connectivity index (χ0n) is 24.7. The number of carboxylic acids is 2. The number of carboxylic acid groups (broad SMARTS) is 2. The number of H-pyrrole nitrogens is 2. The molecular weight excluding hydrogens is 784 g/mol. The van der Waals surface area contributed by atoms with E-state index in [2.05, 4.69) is 25.9 Å². The number of alkyl halides is 6. The molecule has 6 rings (SSSR count). The fourth-order valence-electron chi connectivity index (χ4n) is 4.61. The van der Waals surface area contributed by atoms with Crippen LogP contribution in [0.15, 0.2) is 89.4 Å². The third-order valence-electron chi connectivity index (χ3n) is 6.90. The van der Waals surface area contributed by atoms with Crippen LogP contribution in [0.25, 0.3) is 32.9 Å². The molecule has 0 amide bonds. The Morgan fingerprint density at radius 1 is 0.640 bits per heavy atom. The Labute approximate surface area is 296 Å². The molecule has 0 aliphatic heterocycles. The van der Waals surface area contributed by atoms with E-state index in [4.69, 9.17) is 38.4 Å². The zero-order chi connectivity index (χ0) is 37.1. The molecule has 0 saturated carbocycles.